The topological polar surface area (TPSA) is 56.8 Å². The predicted octanol–water partition coefficient (Wildman–Crippen LogP) is 6.51. The number of hydrogen-bond donors (Lipinski definition) is 0. The molecule has 0 amide bonds. The zero-order valence-electron chi connectivity index (χ0n) is 14.7. The van der Waals surface area contributed by atoms with Gasteiger partial charge >= 0.3 is 0 Å². The van der Waals surface area contributed by atoms with Crippen LogP contribution in [0.5, 0.6) is 5.75 Å². The normalized spacial score (nSPS) is 10.8. The average Bonchev–Trinajstić information content (AvgIpc) is 2.71. The molecular formula is C23H14Cl2N2O. The standard InChI is InChI=1S/C23H14Cl2N2O/c24-21-6-2-4-17(10-21)15-28-23-8-7-22(25)12-19(23)11-20(14-27)18-5-1-3-16(9-18)13-26/h1-12H,15H2/b20-11-. The van der Waals surface area contributed by atoms with Gasteiger partial charge in [-0.05, 0) is 59.7 Å². The first kappa shape index (κ1) is 19.5. The minimum Gasteiger partial charge on any atom is -0.488 e. The maximum absolute atomic E-state index is 9.61. The Morgan fingerprint density at radius 3 is 2.46 bits per heavy atom. The second kappa shape index (κ2) is 9.11. The molecule has 28 heavy (non-hydrogen) atoms. The Morgan fingerprint density at radius 2 is 1.71 bits per heavy atom. The largest absolute Gasteiger partial charge is 0.488 e. The number of rotatable bonds is 5. The van der Waals surface area contributed by atoms with Crippen molar-refractivity contribution in [1.29, 1.82) is 10.5 Å². The van der Waals surface area contributed by atoms with Crippen molar-refractivity contribution < 1.29 is 4.74 Å². The van der Waals surface area contributed by atoms with Crippen LogP contribution in [-0.2, 0) is 6.61 Å². The van der Waals surface area contributed by atoms with E-state index in [1.165, 1.54) is 0 Å². The molecular weight excluding hydrogens is 391 g/mol. The van der Waals surface area contributed by atoms with Crippen LogP contribution in [0.15, 0.2) is 66.7 Å². The zero-order valence-corrected chi connectivity index (χ0v) is 16.2. The van der Waals surface area contributed by atoms with Crippen LogP contribution in [0.3, 0.4) is 0 Å². The SMILES string of the molecule is N#C/C(=C/c1cc(Cl)ccc1OCc1cccc(Cl)c1)c1cccc(C#N)c1. The summed E-state index contributed by atoms with van der Waals surface area (Å²) in [5.41, 5.74) is 3.16. The lowest BCUT2D eigenvalue weighted by Gasteiger charge is -2.11. The molecule has 0 aromatic heterocycles. The van der Waals surface area contributed by atoms with Crippen molar-refractivity contribution in [2.75, 3.05) is 0 Å². The van der Waals surface area contributed by atoms with Gasteiger partial charge in [-0.15, -0.1) is 0 Å². The van der Waals surface area contributed by atoms with E-state index >= 15 is 0 Å². The lowest BCUT2D eigenvalue weighted by atomic mass is 10.0. The molecule has 136 valence electrons. The summed E-state index contributed by atoms with van der Waals surface area (Å²) in [5, 5.41) is 19.9. The van der Waals surface area contributed by atoms with Crippen LogP contribution in [0.4, 0.5) is 0 Å². The fourth-order valence-electron chi connectivity index (χ4n) is 2.64. The Labute approximate surface area is 173 Å². The maximum Gasteiger partial charge on any atom is 0.127 e. The van der Waals surface area contributed by atoms with Crippen LogP contribution in [0.2, 0.25) is 10.0 Å². The number of ether oxygens (including phenoxy) is 1. The van der Waals surface area contributed by atoms with Crippen LogP contribution in [0, 0.1) is 22.7 Å². The van der Waals surface area contributed by atoms with Gasteiger partial charge in [0.2, 0.25) is 0 Å². The van der Waals surface area contributed by atoms with Gasteiger partial charge < -0.3 is 4.74 Å². The molecule has 5 heteroatoms. The Kier molecular flexibility index (Phi) is 6.35. The first-order valence-corrected chi connectivity index (χ1v) is 9.14. The quantitative estimate of drug-likeness (QED) is 0.359. The van der Waals surface area contributed by atoms with Gasteiger partial charge in [-0.3, -0.25) is 0 Å². The molecule has 0 fully saturated rings. The first-order chi connectivity index (χ1) is 13.6. The molecule has 0 atom stereocenters. The third kappa shape index (κ3) is 4.93. The fraction of sp³-hybridized carbons (Fsp3) is 0.0435. The molecule has 0 aliphatic heterocycles. The number of nitrogens with zero attached hydrogens (tertiary/aromatic N) is 2. The summed E-state index contributed by atoms with van der Waals surface area (Å²) in [4.78, 5) is 0. The molecule has 0 unspecified atom stereocenters. The van der Waals surface area contributed by atoms with E-state index < -0.39 is 0 Å². The lowest BCUT2D eigenvalue weighted by Crippen LogP contribution is -1.97. The minimum atomic E-state index is 0.328. The van der Waals surface area contributed by atoms with E-state index in [2.05, 4.69) is 12.1 Å². The van der Waals surface area contributed by atoms with Gasteiger partial charge in [-0.1, -0.05) is 47.5 Å². The van der Waals surface area contributed by atoms with Crippen molar-refractivity contribution in [2.45, 2.75) is 6.61 Å². The molecule has 0 saturated heterocycles. The van der Waals surface area contributed by atoms with Crippen LogP contribution in [0.1, 0.15) is 22.3 Å². The lowest BCUT2D eigenvalue weighted by molar-refractivity contribution is 0.305. The summed E-state index contributed by atoms with van der Waals surface area (Å²) in [5.74, 6) is 0.591. The van der Waals surface area contributed by atoms with Crippen molar-refractivity contribution in [3.05, 3.63) is 99.0 Å². The molecule has 3 aromatic rings. The Hall–Kier alpha value is -3.24. The molecule has 0 aliphatic rings. The molecule has 3 aromatic carbocycles. The smallest absolute Gasteiger partial charge is 0.127 e. The van der Waals surface area contributed by atoms with Crippen LogP contribution >= 0.6 is 23.2 Å². The van der Waals surface area contributed by atoms with Gasteiger partial charge in [0, 0.05) is 15.6 Å². The molecule has 3 nitrogen and oxygen atoms in total. The van der Waals surface area contributed by atoms with E-state index in [4.69, 9.17) is 33.2 Å². The zero-order chi connectivity index (χ0) is 19.9. The minimum absolute atomic E-state index is 0.328. The molecule has 0 heterocycles. The van der Waals surface area contributed by atoms with Crippen molar-refractivity contribution in [3.63, 3.8) is 0 Å². The fourth-order valence-corrected chi connectivity index (χ4v) is 3.04. The summed E-state index contributed by atoms with van der Waals surface area (Å²) >= 11 is 12.2. The van der Waals surface area contributed by atoms with Crippen molar-refractivity contribution >= 4 is 34.9 Å². The molecule has 0 N–H and O–H groups in total. The molecule has 0 aliphatic carbocycles. The van der Waals surface area contributed by atoms with Gasteiger partial charge in [0.15, 0.2) is 0 Å². The number of allylic oxidation sites excluding steroid dienone is 1. The summed E-state index contributed by atoms with van der Waals surface area (Å²) in [6.07, 6.45) is 1.70. The second-order valence-electron chi connectivity index (χ2n) is 5.96. The summed E-state index contributed by atoms with van der Waals surface area (Å²) in [7, 11) is 0. The van der Waals surface area contributed by atoms with E-state index in [-0.39, 0.29) is 0 Å². The number of benzene rings is 3. The van der Waals surface area contributed by atoms with Crippen LogP contribution in [0.25, 0.3) is 11.6 Å². The second-order valence-corrected chi connectivity index (χ2v) is 6.84. The number of hydrogen-bond acceptors (Lipinski definition) is 3. The molecule has 3 rings (SSSR count). The van der Waals surface area contributed by atoms with Gasteiger partial charge in [-0.2, -0.15) is 10.5 Å². The van der Waals surface area contributed by atoms with E-state index in [1.54, 1.807) is 54.6 Å². The molecule has 0 spiro atoms. The molecule has 0 radical (unpaired) electrons. The highest BCUT2D eigenvalue weighted by molar-refractivity contribution is 6.31. The third-order valence-corrected chi connectivity index (χ3v) is 4.45. The van der Waals surface area contributed by atoms with Gasteiger partial charge in [0.25, 0.3) is 0 Å². The van der Waals surface area contributed by atoms with E-state index in [0.29, 0.717) is 44.7 Å². The van der Waals surface area contributed by atoms with Crippen molar-refractivity contribution in [1.82, 2.24) is 0 Å². The Bertz CT molecular complexity index is 1120. The Balaban J connectivity index is 1.94. The summed E-state index contributed by atoms with van der Waals surface area (Å²) in [6.45, 7) is 0.328. The van der Waals surface area contributed by atoms with E-state index in [1.807, 2.05) is 18.2 Å². The van der Waals surface area contributed by atoms with Gasteiger partial charge in [0.1, 0.15) is 12.4 Å². The van der Waals surface area contributed by atoms with Gasteiger partial charge in [-0.25, -0.2) is 0 Å². The highest BCUT2D eigenvalue weighted by Crippen LogP contribution is 2.28. The van der Waals surface area contributed by atoms with Crippen LogP contribution in [-0.4, -0.2) is 0 Å². The predicted molar refractivity (Wildman–Crippen MR) is 112 cm³/mol. The van der Waals surface area contributed by atoms with Gasteiger partial charge in [0.05, 0.1) is 23.3 Å². The van der Waals surface area contributed by atoms with Crippen molar-refractivity contribution in [3.8, 4) is 17.9 Å². The third-order valence-electron chi connectivity index (χ3n) is 3.98. The van der Waals surface area contributed by atoms with E-state index in [0.717, 1.165) is 5.56 Å². The summed E-state index contributed by atoms with van der Waals surface area (Å²) in [6, 6.07) is 23.8. The number of nitriles is 2. The van der Waals surface area contributed by atoms with Crippen molar-refractivity contribution in [2.24, 2.45) is 0 Å². The Morgan fingerprint density at radius 1 is 0.929 bits per heavy atom. The monoisotopic (exact) mass is 404 g/mol. The molecule has 0 bridgehead atoms. The summed E-state index contributed by atoms with van der Waals surface area (Å²) < 4.78 is 5.94. The maximum atomic E-state index is 9.61. The first-order valence-electron chi connectivity index (χ1n) is 8.38. The number of halogens is 2. The highest BCUT2D eigenvalue weighted by atomic mass is 35.5. The van der Waals surface area contributed by atoms with Crippen LogP contribution < -0.4 is 4.74 Å². The van der Waals surface area contributed by atoms with E-state index in [9.17, 15) is 5.26 Å². The molecule has 0 saturated carbocycles. The highest BCUT2D eigenvalue weighted by Gasteiger charge is 2.08. The average molecular weight is 405 g/mol.